The summed E-state index contributed by atoms with van der Waals surface area (Å²) < 4.78 is 0. The quantitative estimate of drug-likeness (QED) is 0.546. The molecule has 0 saturated heterocycles. The second-order valence-corrected chi connectivity index (χ2v) is 4.04. The van der Waals surface area contributed by atoms with Gasteiger partial charge >= 0.3 is 0 Å². The topological polar surface area (TPSA) is 45.4 Å². The maximum Gasteiger partial charge on any atom is 0.0270 e. The average Bonchev–Trinajstić information content (AvgIpc) is 2.34. The van der Waals surface area contributed by atoms with Crippen molar-refractivity contribution < 1.29 is 0 Å². The summed E-state index contributed by atoms with van der Waals surface area (Å²) in [5.41, 5.74) is 1.34. The Kier molecular flexibility index (Phi) is 6.00. The predicted octanol–water partition coefficient (Wildman–Crippen LogP) is 0.752. The zero-order chi connectivity index (χ0) is 11.8. The van der Waals surface area contributed by atoms with E-state index in [9.17, 15) is 0 Å². The first-order valence-corrected chi connectivity index (χ1v) is 5.79. The molecule has 0 radical (unpaired) electrons. The maximum absolute atomic E-state index is 5.73. The van der Waals surface area contributed by atoms with E-state index in [4.69, 9.17) is 5.84 Å². The van der Waals surface area contributed by atoms with Gasteiger partial charge in [-0.05, 0) is 31.2 Å². The minimum atomic E-state index is 0.901. The summed E-state index contributed by atoms with van der Waals surface area (Å²) >= 11 is 0. The summed E-state index contributed by atoms with van der Waals surface area (Å²) in [5, 5.41) is 1.84. The van der Waals surface area contributed by atoms with Crippen LogP contribution in [0.15, 0.2) is 24.5 Å². The van der Waals surface area contributed by atoms with Gasteiger partial charge in [-0.3, -0.25) is 10.8 Å². The lowest BCUT2D eigenvalue weighted by Gasteiger charge is -2.20. The number of hydrogen-bond acceptors (Lipinski definition) is 4. The standard InChI is InChI=1S/C12H22N4/c1-3-16(13)11-10-15(2)9-6-12-4-7-14-8-5-12/h4-5,7-8H,3,6,9-11,13H2,1-2H3. The van der Waals surface area contributed by atoms with Crippen LogP contribution in [0.25, 0.3) is 0 Å². The molecule has 2 N–H and O–H groups in total. The van der Waals surface area contributed by atoms with Crippen LogP contribution in [0.4, 0.5) is 0 Å². The summed E-state index contributed by atoms with van der Waals surface area (Å²) in [6.45, 7) is 5.95. The fourth-order valence-electron chi connectivity index (χ4n) is 1.44. The molecule has 1 aromatic rings. The van der Waals surface area contributed by atoms with Gasteiger partial charge in [0.1, 0.15) is 0 Å². The highest BCUT2D eigenvalue weighted by Crippen LogP contribution is 1.98. The van der Waals surface area contributed by atoms with Gasteiger partial charge in [0.25, 0.3) is 0 Å². The maximum atomic E-state index is 5.73. The summed E-state index contributed by atoms with van der Waals surface area (Å²) in [5.74, 6) is 5.73. The molecule has 0 aromatic carbocycles. The first-order chi connectivity index (χ1) is 7.72. The number of rotatable bonds is 7. The van der Waals surface area contributed by atoms with Crippen molar-refractivity contribution >= 4 is 0 Å². The van der Waals surface area contributed by atoms with Gasteiger partial charge in [0.05, 0.1) is 0 Å². The van der Waals surface area contributed by atoms with Crippen LogP contribution >= 0.6 is 0 Å². The SMILES string of the molecule is CCN(N)CCN(C)CCc1ccncc1. The molecule has 4 nitrogen and oxygen atoms in total. The van der Waals surface area contributed by atoms with Gasteiger partial charge < -0.3 is 4.90 Å². The van der Waals surface area contributed by atoms with E-state index >= 15 is 0 Å². The molecule has 0 spiro atoms. The van der Waals surface area contributed by atoms with Crippen LogP contribution in [0.2, 0.25) is 0 Å². The number of nitrogens with two attached hydrogens (primary N) is 1. The van der Waals surface area contributed by atoms with Crippen molar-refractivity contribution in [2.45, 2.75) is 13.3 Å². The van der Waals surface area contributed by atoms with E-state index in [1.807, 2.05) is 17.4 Å². The summed E-state index contributed by atoms with van der Waals surface area (Å²) in [6.07, 6.45) is 4.75. The van der Waals surface area contributed by atoms with Crippen molar-refractivity contribution in [3.05, 3.63) is 30.1 Å². The fraction of sp³-hybridized carbons (Fsp3) is 0.583. The Bertz CT molecular complexity index is 276. The summed E-state index contributed by atoms with van der Waals surface area (Å²) in [7, 11) is 2.13. The van der Waals surface area contributed by atoms with Crippen LogP contribution in [0.1, 0.15) is 12.5 Å². The molecule has 0 saturated carbocycles. The third-order valence-electron chi connectivity index (χ3n) is 2.71. The fourth-order valence-corrected chi connectivity index (χ4v) is 1.44. The first kappa shape index (κ1) is 13.1. The Labute approximate surface area is 98.0 Å². The summed E-state index contributed by atoms with van der Waals surface area (Å²) in [4.78, 5) is 6.31. The predicted molar refractivity (Wildman–Crippen MR) is 66.9 cm³/mol. The molecule has 0 aliphatic rings. The van der Waals surface area contributed by atoms with Crippen molar-refractivity contribution in [3.8, 4) is 0 Å². The highest BCUT2D eigenvalue weighted by molar-refractivity contribution is 5.09. The number of hydrazine groups is 1. The van der Waals surface area contributed by atoms with Gasteiger partial charge in [-0.2, -0.15) is 0 Å². The first-order valence-electron chi connectivity index (χ1n) is 5.79. The molecular formula is C12H22N4. The Morgan fingerprint density at radius 2 is 1.88 bits per heavy atom. The van der Waals surface area contributed by atoms with E-state index in [1.54, 1.807) is 0 Å². The Hall–Kier alpha value is -0.970. The summed E-state index contributed by atoms with van der Waals surface area (Å²) in [6, 6.07) is 4.13. The molecule has 1 heterocycles. The van der Waals surface area contributed by atoms with Crippen LogP contribution in [-0.2, 0) is 6.42 Å². The van der Waals surface area contributed by atoms with Crippen LogP contribution < -0.4 is 5.84 Å². The van der Waals surface area contributed by atoms with Gasteiger partial charge in [0.2, 0.25) is 0 Å². The number of aromatic nitrogens is 1. The molecule has 0 bridgehead atoms. The van der Waals surface area contributed by atoms with E-state index in [0.29, 0.717) is 0 Å². The van der Waals surface area contributed by atoms with Crippen molar-refractivity contribution in [2.24, 2.45) is 5.84 Å². The van der Waals surface area contributed by atoms with E-state index in [-0.39, 0.29) is 0 Å². The number of likely N-dealkylation sites (N-methyl/N-ethyl adjacent to an activating group) is 2. The second kappa shape index (κ2) is 7.33. The van der Waals surface area contributed by atoms with E-state index < -0.39 is 0 Å². The third kappa shape index (κ3) is 5.21. The molecule has 0 amide bonds. The Morgan fingerprint density at radius 3 is 2.50 bits per heavy atom. The van der Waals surface area contributed by atoms with Crippen molar-refractivity contribution in [3.63, 3.8) is 0 Å². The molecule has 1 rings (SSSR count). The van der Waals surface area contributed by atoms with Gasteiger partial charge in [0, 0.05) is 38.6 Å². The number of pyridine rings is 1. The number of nitrogens with zero attached hydrogens (tertiary/aromatic N) is 3. The lowest BCUT2D eigenvalue weighted by atomic mass is 10.2. The second-order valence-electron chi connectivity index (χ2n) is 4.04. The van der Waals surface area contributed by atoms with Gasteiger partial charge in [0.15, 0.2) is 0 Å². The third-order valence-corrected chi connectivity index (χ3v) is 2.71. The Balaban J connectivity index is 2.18. The normalized spacial score (nSPS) is 11.3. The van der Waals surface area contributed by atoms with E-state index in [0.717, 1.165) is 32.6 Å². The Morgan fingerprint density at radius 1 is 1.19 bits per heavy atom. The van der Waals surface area contributed by atoms with E-state index in [1.165, 1.54) is 5.56 Å². The molecule has 1 aromatic heterocycles. The highest BCUT2D eigenvalue weighted by Gasteiger charge is 2.01. The molecule has 0 aliphatic carbocycles. The van der Waals surface area contributed by atoms with Crippen molar-refractivity contribution in [1.29, 1.82) is 0 Å². The van der Waals surface area contributed by atoms with Crippen LogP contribution in [0.3, 0.4) is 0 Å². The minimum Gasteiger partial charge on any atom is -0.305 e. The van der Waals surface area contributed by atoms with E-state index in [2.05, 4.69) is 36.0 Å². The smallest absolute Gasteiger partial charge is 0.0270 e. The lowest BCUT2D eigenvalue weighted by molar-refractivity contribution is 0.238. The van der Waals surface area contributed by atoms with Crippen molar-refractivity contribution in [1.82, 2.24) is 14.9 Å². The van der Waals surface area contributed by atoms with Crippen LogP contribution in [-0.4, -0.2) is 48.1 Å². The molecule has 0 fully saturated rings. The van der Waals surface area contributed by atoms with Crippen LogP contribution in [0.5, 0.6) is 0 Å². The lowest BCUT2D eigenvalue weighted by Crippen LogP contribution is -2.38. The monoisotopic (exact) mass is 222 g/mol. The van der Waals surface area contributed by atoms with Gasteiger partial charge in [-0.15, -0.1) is 0 Å². The molecule has 4 heteroatoms. The molecular weight excluding hydrogens is 200 g/mol. The zero-order valence-electron chi connectivity index (χ0n) is 10.3. The average molecular weight is 222 g/mol. The largest absolute Gasteiger partial charge is 0.305 e. The molecule has 0 aliphatic heterocycles. The zero-order valence-corrected chi connectivity index (χ0v) is 10.3. The minimum absolute atomic E-state index is 0.901. The van der Waals surface area contributed by atoms with Crippen LogP contribution in [0, 0.1) is 0 Å². The molecule has 0 atom stereocenters. The van der Waals surface area contributed by atoms with Gasteiger partial charge in [-0.25, -0.2) is 5.01 Å². The number of hydrogen-bond donors (Lipinski definition) is 1. The molecule has 0 unspecified atom stereocenters. The van der Waals surface area contributed by atoms with Gasteiger partial charge in [-0.1, -0.05) is 6.92 Å². The van der Waals surface area contributed by atoms with Crippen molar-refractivity contribution in [2.75, 3.05) is 33.2 Å². The molecule has 16 heavy (non-hydrogen) atoms. The molecule has 90 valence electrons. The highest BCUT2D eigenvalue weighted by atomic mass is 15.4.